The van der Waals surface area contributed by atoms with E-state index in [1.54, 1.807) is 0 Å². The molecule has 1 aliphatic rings. The van der Waals surface area contributed by atoms with Crippen LogP contribution in [-0.4, -0.2) is 36.6 Å². The Morgan fingerprint density at radius 3 is 2.50 bits per heavy atom. The molecule has 148 valence electrons. The van der Waals surface area contributed by atoms with E-state index in [9.17, 15) is 4.79 Å². The van der Waals surface area contributed by atoms with Gasteiger partial charge in [0.05, 0.1) is 0 Å². The first kappa shape index (κ1) is 20.0. The molecule has 5 nitrogen and oxygen atoms in total. The molecule has 0 unspecified atom stereocenters. The summed E-state index contributed by atoms with van der Waals surface area (Å²) in [5, 5.41) is 6.05. The van der Waals surface area contributed by atoms with Crippen LogP contribution in [-0.2, 0) is 6.54 Å². The molecule has 1 aliphatic heterocycles. The minimum atomic E-state index is -0.132. The first-order valence-electron chi connectivity index (χ1n) is 9.82. The van der Waals surface area contributed by atoms with Crippen LogP contribution in [0.5, 0.6) is 11.5 Å². The summed E-state index contributed by atoms with van der Waals surface area (Å²) in [6.45, 7) is 9.37. The van der Waals surface area contributed by atoms with Crippen LogP contribution < -0.4 is 15.4 Å². The molecule has 0 radical (unpaired) electrons. The highest BCUT2D eigenvalue weighted by atomic mass is 16.5. The number of likely N-dealkylation sites (tertiary alicyclic amines) is 1. The lowest BCUT2D eigenvalue weighted by Crippen LogP contribution is -2.47. The predicted molar refractivity (Wildman–Crippen MR) is 113 cm³/mol. The number of hydrogen-bond donors (Lipinski definition) is 2. The molecule has 3 rings (SSSR count). The number of benzene rings is 2. The lowest BCUT2D eigenvalue weighted by atomic mass is 10.0. The molecular weight excluding hydrogens is 350 g/mol. The van der Waals surface area contributed by atoms with Gasteiger partial charge < -0.3 is 15.4 Å². The van der Waals surface area contributed by atoms with Crippen molar-refractivity contribution in [2.24, 2.45) is 0 Å². The third-order valence-corrected chi connectivity index (χ3v) is 4.80. The summed E-state index contributed by atoms with van der Waals surface area (Å²) in [5.41, 5.74) is 2.12. The van der Waals surface area contributed by atoms with Gasteiger partial charge in [-0.05, 0) is 38.0 Å². The summed E-state index contributed by atoms with van der Waals surface area (Å²) in [5.74, 6) is 1.53. The van der Waals surface area contributed by atoms with Crippen LogP contribution in [0.15, 0.2) is 66.7 Å². The molecule has 0 aromatic heterocycles. The summed E-state index contributed by atoms with van der Waals surface area (Å²) in [7, 11) is 0. The van der Waals surface area contributed by atoms with E-state index in [0.29, 0.717) is 6.54 Å². The molecule has 0 aliphatic carbocycles. The zero-order valence-electron chi connectivity index (χ0n) is 16.5. The maximum atomic E-state index is 12.3. The number of piperidine rings is 1. The summed E-state index contributed by atoms with van der Waals surface area (Å²) < 4.78 is 5.95. The topological polar surface area (TPSA) is 53.6 Å². The van der Waals surface area contributed by atoms with Crippen LogP contribution in [0, 0.1) is 0 Å². The van der Waals surface area contributed by atoms with Gasteiger partial charge in [0, 0.05) is 37.8 Å². The van der Waals surface area contributed by atoms with Crippen molar-refractivity contribution >= 4 is 6.03 Å². The largest absolute Gasteiger partial charge is 0.457 e. The van der Waals surface area contributed by atoms with Crippen LogP contribution in [0.3, 0.4) is 0 Å². The molecule has 2 N–H and O–H groups in total. The van der Waals surface area contributed by atoms with Gasteiger partial charge in [-0.3, -0.25) is 4.90 Å². The summed E-state index contributed by atoms with van der Waals surface area (Å²) in [6.07, 6.45) is 1.93. The Bertz CT molecular complexity index is 783. The highest BCUT2D eigenvalue weighted by Crippen LogP contribution is 2.24. The number of carbonyl (C=O) groups excluding carboxylic acids is 1. The molecule has 1 fully saturated rings. The van der Waals surface area contributed by atoms with E-state index in [1.807, 2.05) is 54.6 Å². The van der Waals surface area contributed by atoms with Gasteiger partial charge in [-0.2, -0.15) is 0 Å². The molecule has 0 atom stereocenters. The smallest absolute Gasteiger partial charge is 0.315 e. The van der Waals surface area contributed by atoms with Crippen LogP contribution in [0.1, 0.15) is 25.3 Å². The van der Waals surface area contributed by atoms with Crippen molar-refractivity contribution in [1.82, 2.24) is 15.5 Å². The summed E-state index contributed by atoms with van der Waals surface area (Å²) in [6, 6.07) is 17.5. The van der Waals surface area contributed by atoms with Crippen molar-refractivity contribution < 1.29 is 9.53 Å². The van der Waals surface area contributed by atoms with Gasteiger partial charge in [-0.15, -0.1) is 0 Å². The second kappa shape index (κ2) is 9.95. The second-order valence-corrected chi connectivity index (χ2v) is 7.36. The normalized spacial score (nSPS) is 15.0. The number of rotatable bonds is 7. The second-order valence-electron chi connectivity index (χ2n) is 7.36. The molecule has 5 heteroatoms. The number of amides is 2. The van der Waals surface area contributed by atoms with E-state index in [0.717, 1.165) is 49.5 Å². The minimum absolute atomic E-state index is 0.132. The van der Waals surface area contributed by atoms with Gasteiger partial charge >= 0.3 is 6.03 Å². The van der Waals surface area contributed by atoms with Crippen molar-refractivity contribution in [2.45, 2.75) is 32.4 Å². The molecule has 0 bridgehead atoms. The molecule has 2 aromatic rings. The summed E-state index contributed by atoms with van der Waals surface area (Å²) in [4.78, 5) is 14.7. The van der Waals surface area contributed by atoms with E-state index in [2.05, 4.69) is 29.0 Å². The van der Waals surface area contributed by atoms with E-state index >= 15 is 0 Å². The first-order valence-corrected chi connectivity index (χ1v) is 9.82. The zero-order chi connectivity index (χ0) is 19.8. The summed E-state index contributed by atoms with van der Waals surface area (Å²) >= 11 is 0. The number of ether oxygens (including phenoxy) is 1. The SMILES string of the molecule is C=C(C)CN1CCC(NC(=O)NCc2ccccc2Oc2ccccc2)CC1. The van der Waals surface area contributed by atoms with E-state index < -0.39 is 0 Å². The Balaban J connectivity index is 1.47. The number of nitrogens with zero attached hydrogens (tertiary/aromatic N) is 1. The van der Waals surface area contributed by atoms with Gasteiger partial charge in [0.2, 0.25) is 0 Å². The minimum Gasteiger partial charge on any atom is -0.457 e. The third kappa shape index (κ3) is 6.13. The van der Waals surface area contributed by atoms with Crippen molar-refractivity contribution in [1.29, 1.82) is 0 Å². The maximum absolute atomic E-state index is 12.3. The van der Waals surface area contributed by atoms with Gasteiger partial charge in [0.25, 0.3) is 0 Å². The first-order chi connectivity index (χ1) is 13.6. The standard InChI is InChI=1S/C23H29N3O2/c1-18(2)17-26-14-12-20(13-15-26)25-23(27)24-16-19-8-6-7-11-22(19)28-21-9-4-3-5-10-21/h3-11,20H,1,12-17H2,2H3,(H2,24,25,27). The van der Waals surface area contributed by atoms with Crippen molar-refractivity contribution in [2.75, 3.05) is 19.6 Å². The van der Waals surface area contributed by atoms with Crippen molar-refractivity contribution in [3.63, 3.8) is 0 Å². The van der Waals surface area contributed by atoms with Crippen molar-refractivity contribution in [3.8, 4) is 11.5 Å². The number of hydrogen-bond acceptors (Lipinski definition) is 3. The molecule has 2 aromatic carbocycles. The van der Waals surface area contributed by atoms with E-state index in [1.165, 1.54) is 5.57 Å². The van der Waals surface area contributed by atoms with Crippen LogP contribution in [0.4, 0.5) is 4.79 Å². The quantitative estimate of drug-likeness (QED) is 0.705. The number of carbonyl (C=O) groups is 1. The number of para-hydroxylation sites is 2. The highest BCUT2D eigenvalue weighted by Gasteiger charge is 2.20. The average Bonchev–Trinajstić information content (AvgIpc) is 2.69. The fraction of sp³-hybridized carbons (Fsp3) is 0.348. The van der Waals surface area contributed by atoms with E-state index in [4.69, 9.17) is 4.74 Å². The number of urea groups is 1. The molecule has 28 heavy (non-hydrogen) atoms. The molecule has 1 heterocycles. The van der Waals surface area contributed by atoms with Gasteiger partial charge in [-0.1, -0.05) is 48.6 Å². The molecule has 1 saturated heterocycles. The van der Waals surface area contributed by atoms with Gasteiger partial charge in [0.15, 0.2) is 0 Å². The Morgan fingerprint density at radius 2 is 1.79 bits per heavy atom. The fourth-order valence-electron chi connectivity index (χ4n) is 3.39. The fourth-order valence-corrected chi connectivity index (χ4v) is 3.39. The van der Waals surface area contributed by atoms with Gasteiger partial charge in [0.1, 0.15) is 11.5 Å². The van der Waals surface area contributed by atoms with Gasteiger partial charge in [-0.25, -0.2) is 4.79 Å². The average molecular weight is 380 g/mol. The third-order valence-electron chi connectivity index (χ3n) is 4.80. The molecule has 0 spiro atoms. The van der Waals surface area contributed by atoms with Crippen LogP contribution in [0.2, 0.25) is 0 Å². The maximum Gasteiger partial charge on any atom is 0.315 e. The lowest BCUT2D eigenvalue weighted by Gasteiger charge is -2.32. The number of nitrogens with one attached hydrogen (secondary N) is 2. The zero-order valence-corrected chi connectivity index (χ0v) is 16.5. The Hall–Kier alpha value is -2.79. The lowest BCUT2D eigenvalue weighted by molar-refractivity contribution is 0.201. The highest BCUT2D eigenvalue weighted by molar-refractivity contribution is 5.74. The molecule has 2 amide bonds. The Labute approximate surface area is 167 Å². The molecular formula is C23H29N3O2. The van der Waals surface area contributed by atoms with Crippen molar-refractivity contribution in [3.05, 3.63) is 72.3 Å². The van der Waals surface area contributed by atoms with Crippen LogP contribution >= 0.6 is 0 Å². The Morgan fingerprint density at radius 1 is 1.11 bits per heavy atom. The predicted octanol–water partition coefficient (Wildman–Crippen LogP) is 4.32. The monoisotopic (exact) mass is 379 g/mol. The van der Waals surface area contributed by atoms with E-state index in [-0.39, 0.29) is 12.1 Å². The Kier molecular flexibility index (Phi) is 7.09. The van der Waals surface area contributed by atoms with Crippen LogP contribution in [0.25, 0.3) is 0 Å². The molecule has 0 saturated carbocycles.